The van der Waals surface area contributed by atoms with Crippen molar-refractivity contribution in [2.45, 2.75) is 13.0 Å². The third kappa shape index (κ3) is 3.74. The molecule has 0 bridgehead atoms. The molecule has 0 fully saturated rings. The van der Waals surface area contributed by atoms with Gasteiger partial charge in [-0.15, -0.1) is 0 Å². The molecule has 0 radical (unpaired) electrons. The standard InChI is InChI=1S/C19H19NO5/c1-24-17-7-6-12(8-15(17)19(22)23)10-20-18(21)14-9-13-4-2-3-5-16(13)25-11-14/h2-8,14H,9-11H2,1H3,(H,20,21)(H,22,23)/t14-/m1/s1. The van der Waals surface area contributed by atoms with Crippen LogP contribution in [0.25, 0.3) is 0 Å². The molecule has 1 aliphatic heterocycles. The molecule has 2 aromatic rings. The van der Waals surface area contributed by atoms with Gasteiger partial charge in [0.05, 0.1) is 13.0 Å². The molecule has 1 aliphatic rings. The van der Waals surface area contributed by atoms with E-state index in [4.69, 9.17) is 9.47 Å². The lowest BCUT2D eigenvalue weighted by Gasteiger charge is -2.24. The number of carbonyl (C=O) groups is 2. The molecule has 1 heterocycles. The zero-order valence-electron chi connectivity index (χ0n) is 13.8. The van der Waals surface area contributed by atoms with Gasteiger partial charge >= 0.3 is 5.97 Å². The number of para-hydroxylation sites is 1. The fraction of sp³-hybridized carbons (Fsp3) is 0.263. The summed E-state index contributed by atoms with van der Waals surface area (Å²) in [5.74, 6) is -0.315. The molecule has 3 rings (SSSR count). The van der Waals surface area contributed by atoms with Gasteiger partial charge in [-0.3, -0.25) is 4.79 Å². The average Bonchev–Trinajstić information content (AvgIpc) is 2.65. The van der Waals surface area contributed by atoms with Crippen molar-refractivity contribution in [1.29, 1.82) is 0 Å². The van der Waals surface area contributed by atoms with E-state index in [2.05, 4.69) is 5.32 Å². The van der Waals surface area contributed by atoms with Gasteiger partial charge in [-0.25, -0.2) is 4.79 Å². The maximum Gasteiger partial charge on any atom is 0.339 e. The highest BCUT2D eigenvalue weighted by Crippen LogP contribution is 2.27. The Kier molecular flexibility index (Phi) is 4.88. The maximum absolute atomic E-state index is 12.4. The van der Waals surface area contributed by atoms with Gasteiger partial charge in [0.1, 0.15) is 23.7 Å². The Labute approximate surface area is 145 Å². The first-order chi connectivity index (χ1) is 12.1. The zero-order chi connectivity index (χ0) is 17.8. The second-order valence-corrected chi connectivity index (χ2v) is 5.88. The van der Waals surface area contributed by atoms with Gasteiger partial charge < -0.3 is 19.9 Å². The smallest absolute Gasteiger partial charge is 0.339 e. The normalized spacial score (nSPS) is 15.6. The minimum absolute atomic E-state index is 0.0733. The molecule has 0 unspecified atom stereocenters. The fourth-order valence-corrected chi connectivity index (χ4v) is 2.86. The Bertz CT molecular complexity index is 802. The Balaban J connectivity index is 1.63. The second kappa shape index (κ2) is 7.25. The highest BCUT2D eigenvalue weighted by atomic mass is 16.5. The van der Waals surface area contributed by atoms with Crippen LogP contribution in [0, 0.1) is 5.92 Å². The third-order valence-electron chi connectivity index (χ3n) is 4.21. The highest BCUT2D eigenvalue weighted by molar-refractivity contribution is 5.91. The molecule has 0 aromatic heterocycles. The van der Waals surface area contributed by atoms with Crippen LogP contribution in [0.15, 0.2) is 42.5 Å². The monoisotopic (exact) mass is 341 g/mol. The van der Waals surface area contributed by atoms with Crippen molar-refractivity contribution in [3.05, 3.63) is 59.2 Å². The van der Waals surface area contributed by atoms with Gasteiger partial charge in [0, 0.05) is 6.54 Å². The molecule has 0 saturated heterocycles. The Hall–Kier alpha value is -3.02. The molecule has 0 spiro atoms. The number of hydrogen-bond donors (Lipinski definition) is 2. The largest absolute Gasteiger partial charge is 0.496 e. The van der Waals surface area contributed by atoms with Crippen molar-refractivity contribution < 1.29 is 24.2 Å². The van der Waals surface area contributed by atoms with Crippen molar-refractivity contribution in [1.82, 2.24) is 5.32 Å². The number of hydrogen-bond acceptors (Lipinski definition) is 4. The van der Waals surface area contributed by atoms with Crippen LogP contribution in [0.4, 0.5) is 0 Å². The number of carboxylic acids is 1. The van der Waals surface area contributed by atoms with Crippen LogP contribution in [-0.2, 0) is 17.8 Å². The van der Waals surface area contributed by atoms with E-state index in [0.717, 1.165) is 11.3 Å². The molecule has 25 heavy (non-hydrogen) atoms. The van der Waals surface area contributed by atoms with Gasteiger partial charge in [-0.1, -0.05) is 24.3 Å². The minimum atomic E-state index is -1.07. The predicted octanol–water partition coefficient (Wildman–Crippen LogP) is 2.26. The summed E-state index contributed by atoms with van der Waals surface area (Å²) >= 11 is 0. The molecular weight excluding hydrogens is 322 g/mol. The van der Waals surface area contributed by atoms with Gasteiger partial charge in [0.15, 0.2) is 0 Å². The average molecular weight is 341 g/mol. The van der Waals surface area contributed by atoms with E-state index in [1.54, 1.807) is 12.1 Å². The predicted molar refractivity (Wildman–Crippen MR) is 90.9 cm³/mol. The summed E-state index contributed by atoms with van der Waals surface area (Å²) in [6.45, 7) is 0.590. The second-order valence-electron chi connectivity index (χ2n) is 5.88. The number of carboxylic acid groups (broad SMARTS) is 1. The molecular formula is C19H19NO5. The lowest BCUT2D eigenvalue weighted by molar-refractivity contribution is -0.126. The van der Waals surface area contributed by atoms with Gasteiger partial charge in [-0.2, -0.15) is 0 Å². The van der Waals surface area contributed by atoms with Crippen molar-refractivity contribution in [2.24, 2.45) is 5.92 Å². The van der Waals surface area contributed by atoms with E-state index in [-0.39, 0.29) is 23.9 Å². The van der Waals surface area contributed by atoms with Crippen molar-refractivity contribution in [3.63, 3.8) is 0 Å². The zero-order valence-corrected chi connectivity index (χ0v) is 13.8. The first-order valence-corrected chi connectivity index (χ1v) is 7.97. The van der Waals surface area contributed by atoms with Crippen LogP contribution in [-0.4, -0.2) is 30.7 Å². The number of fused-ring (bicyclic) bond motifs is 1. The molecule has 1 amide bonds. The van der Waals surface area contributed by atoms with Crippen LogP contribution in [0.5, 0.6) is 11.5 Å². The number of carbonyl (C=O) groups excluding carboxylic acids is 1. The number of methoxy groups -OCH3 is 1. The number of ether oxygens (including phenoxy) is 2. The Morgan fingerprint density at radius 3 is 2.84 bits per heavy atom. The van der Waals surface area contributed by atoms with Gasteiger partial charge in [-0.05, 0) is 35.7 Å². The minimum Gasteiger partial charge on any atom is -0.496 e. The molecule has 130 valence electrons. The quantitative estimate of drug-likeness (QED) is 0.871. The Morgan fingerprint density at radius 2 is 2.08 bits per heavy atom. The SMILES string of the molecule is COc1ccc(CNC(=O)[C@H]2COc3ccccc3C2)cc1C(=O)O. The van der Waals surface area contributed by atoms with E-state index < -0.39 is 5.97 Å². The molecule has 6 nitrogen and oxygen atoms in total. The Morgan fingerprint density at radius 1 is 1.28 bits per heavy atom. The maximum atomic E-state index is 12.4. The summed E-state index contributed by atoms with van der Waals surface area (Å²) < 4.78 is 10.7. The first-order valence-electron chi connectivity index (χ1n) is 7.97. The van der Waals surface area contributed by atoms with Crippen LogP contribution in [0.1, 0.15) is 21.5 Å². The number of amides is 1. The highest BCUT2D eigenvalue weighted by Gasteiger charge is 2.25. The van der Waals surface area contributed by atoms with Crippen LogP contribution in [0.2, 0.25) is 0 Å². The summed E-state index contributed by atoms with van der Waals surface area (Å²) in [4.78, 5) is 23.6. The lowest BCUT2D eigenvalue weighted by atomic mass is 9.96. The first kappa shape index (κ1) is 16.8. The molecule has 2 N–H and O–H groups in total. The van der Waals surface area contributed by atoms with Gasteiger partial charge in [0.25, 0.3) is 0 Å². The summed E-state index contributed by atoms with van der Waals surface area (Å²) in [6.07, 6.45) is 0.630. The van der Waals surface area contributed by atoms with Crippen LogP contribution in [0.3, 0.4) is 0 Å². The number of benzene rings is 2. The lowest BCUT2D eigenvalue weighted by Crippen LogP contribution is -2.37. The number of nitrogens with one attached hydrogen (secondary N) is 1. The van der Waals surface area contributed by atoms with E-state index in [1.165, 1.54) is 13.2 Å². The number of rotatable bonds is 5. The third-order valence-corrected chi connectivity index (χ3v) is 4.21. The van der Waals surface area contributed by atoms with Crippen LogP contribution < -0.4 is 14.8 Å². The summed E-state index contributed by atoms with van der Waals surface area (Å²) in [7, 11) is 1.42. The molecule has 6 heteroatoms. The molecule has 2 aromatic carbocycles. The van der Waals surface area contributed by atoms with E-state index in [0.29, 0.717) is 24.3 Å². The van der Waals surface area contributed by atoms with E-state index >= 15 is 0 Å². The summed E-state index contributed by atoms with van der Waals surface area (Å²) in [5, 5.41) is 12.1. The van der Waals surface area contributed by atoms with Crippen LogP contribution >= 0.6 is 0 Å². The van der Waals surface area contributed by atoms with Crippen molar-refractivity contribution in [2.75, 3.05) is 13.7 Å². The summed E-state index contributed by atoms with van der Waals surface area (Å²) in [6, 6.07) is 12.5. The molecule has 1 atom stereocenters. The topological polar surface area (TPSA) is 84.9 Å². The fourth-order valence-electron chi connectivity index (χ4n) is 2.86. The van der Waals surface area contributed by atoms with Crippen molar-refractivity contribution in [3.8, 4) is 11.5 Å². The molecule has 0 aliphatic carbocycles. The summed E-state index contributed by atoms with van der Waals surface area (Å²) in [5.41, 5.74) is 1.79. The number of aromatic carboxylic acids is 1. The van der Waals surface area contributed by atoms with Crippen molar-refractivity contribution >= 4 is 11.9 Å². The molecule has 0 saturated carbocycles. The van der Waals surface area contributed by atoms with Gasteiger partial charge in [0.2, 0.25) is 5.91 Å². The van der Waals surface area contributed by atoms with E-state index in [1.807, 2.05) is 24.3 Å². The van der Waals surface area contributed by atoms with E-state index in [9.17, 15) is 14.7 Å².